The molecule has 0 aromatic rings. The molecule has 1 unspecified atom stereocenters. The van der Waals surface area contributed by atoms with Crippen LogP contribution in [-0.2, 0) is 0 Å². The highest BCUT2D eigenvalue weighted by Gasteiger charge is 2.06. The van der Waals surface area contributed by atoms with E-state index in [2.05, 4.69) is 32.3 Å². The van der Waals surface area contributed by atoms with Crippen LogP contribution in [0.4, 0.5) is 0 Å². The predicted octanol–water partition coefficient (Wildman–Crippen LogP) is 0.837. The van der Waals surface area contributed by atoms with Crippen LogP contribution in [-0.4, -0.2) is 6.54 Å². The smallest absolute Gasteiger partial charge is 0.102 e. The molecule has 0 aromatic carbocycles. The zero-order valence-corrected chi connectivity index (χ0v) is 12.9. The Kier molecular flexibility index (Phi) is 11.6. The Bertz CT molecular complexity index is 245. The lowest BCUT2D eigenvalue weighted by molar-refractivity contribution is -0.788. The van der Waals surface area contributed by atoms with Crippen LogP contribution in [0.5, 0.6) is 0 Å². The fraction of sp³-hybridized carbons (Fsp3) is 0.750. The Balaban J connectivity index is 0.00000289. The van der Waals surface area contributed by atoms with Crippen LogP contribution in [0.1, 0.15) is 71.6 Å². The number of rotatable bonds is 10. The molecule has 0 aromatic heterocycles. The van der Waals surface area contributed by atoms with Gasteiger partial charge in [0, 0.05) is 5.57 Å². The van der Waals surface area contributed by atoms with Crippen molar-refractivity contribution in [3.8, 4) is 0 Å². The van der Waals surface area contributed by atoms with Gasteiger partial charge in [0.2, 0.25) is 0 Å². The van der Waals surface area contributed by atoms with Crippen molar-refractivity contribution in [3.63, 3.8) is 0 Å². The highest BCUT2D eigenvalue weighted by atomic mass is 35.5. The molecule has 1 aliphatic rings. The summed E-state index contributed by atoms with van der Waals surface area (Å²) in [6.45, 7) is 5.74. The van der Waals surface area contributed by atoms with Crippen molar-refractivity contribution in [1.82, 2.24) is 0 Å². The Labute approximate surface area is 120 Å². The molecule has 1 atom stereocenters. The average molecular weight is 272 g/mol. The van der Waals surface area contributed by atoms with E-state index in [1.807, 2.05) is 0 Å². The fourth-order valence-electron chi connectivity index (χ4n) is 2.42. The van der Waals surface area contributed by atoms with Gasteiger partial charge in [0.15, 0.2) is 0 Å². The summed E-state index contributed by atoms with van der Waals surface area (Å²) in [7, 11) is 0. The Morgan fingerprint density at radius 2 is 1.44 bits per heavy atom. The fourth-order valence-corrected chi connectivity index (χ4v) is 2.42. The molecule has 0 aliphatic carbocycles. The van der Waals surface area contributed by atoms with E-state index in [4.69, 9.17) is 0 Å². The van der Waals surface area contributed by atoms with Crippen LogP contribution >= 0.6 is 0 Å². The van der Waals surface area contributed by atoms with Crippen LogP contribution < -0.4 is 17.3 Å². The molecule has 0 bridgehead atoms. The highest BCUT2D eigenvalue weighted by molar-refractivity contribution is 5.14. The molecule has 18 heavy (non-hydrogen) atoms. The second-order valence-corrected chi connectivity index (χ2v) is 5.38. The van der Waals surface area contributed by atoms with Crippen molar-refractivity contribution in [2.45, 2.75) is 71.6 Å². The molecule has 1 rings (SSSR count). The summed E-state index contributed by atoms with van der Waals surface area (Å²) in [6.07, 6.45) is 19.6. The summed E-state index contributed by atoms with van der Waals surface area (Å²) in [6, 6.07) is 0. The van der Waals surface area contributed by atoms with E-state index in [-0.39, 0.29) is 12.4 Å². The normalized spacial score (nSPS) is 17.7. The van der Waals surface area contributed by atoms with E-state index in [9.17, 15) is 0 Å². The van der Waals surface area contributed by atoms with Gasteiger partial charge in [-0.2, -0.15) is 0 Å². The number of allylic oxidation sites excluding steroid dienone is 2. The Morgan fingerprint density at radius 3 is 1.94 bits per heavy atom. The molecule has 0 spiro atoms. The molecule has 0 amide bonds. The standard InChI is InChI=1S/C16H29N.ClH/c1-3-4-5-6-7-8-9-10-11-13-17-14-12-16(2)15-17;/h12,14-15H,3-11,13H2,1-2H3;1H. The highest BCUT2D eigenvalue weighted by Crippen LogP contribution is 2.09. The third-order valence-electron chi connectivity index (χ3n) is 3.54. The van der Waals surface area contributed by atoms with Crippen LogP contribution in [0.3, 0.4) is 0 Å². The number of hydrogen-bond donors (Lipinski definition) is 1. The van der Waals surface area contributed by atoms with Crippen molar-refractivity contribution >= 4 is 0 Å². The van der Waals surface area contributed by atoms with Crippen molar-refractivity contribution in [3.05, 3.63) is 24.0 Å². The number of halogens is 1. The zero-order valence-electron chi connectivity index (χ0n) is 12.2. The van der Waals surface area contributed by atoms with Crippen molar-refractivity contribution < 1.29 is 17.3 Å². The van der Waals surface area contributed by atoms with Gasteiger partial charge in [-0.15, -0.1) is 0 Å². The van der Waals surface area contributed by atoms with Crippen LogP contribution in [0.15, 0.2) is 24.0 Å². The first-order valence-electron chi connectivity index (χ1n) is 7.55. The number of hydrogen-bond acceptors (Lipinski definition) is 0. The SMILES string of the molecule is CCCCCCCCCCC[NH+]1C=CC(C)=C1.[Cl-]. The minimum atomic E-state index is 0. The number of nitrogens with one attached hydrogen (secondary N) is 1. The van der Waals surface area contributed by atoms with E-state index in [1.165, 1.54) is 74.8 Å². The molecule has 1 N–H and O–H groups in total. The summed E-state index contributed by atoms with van der Waals surface area (Å²) >= 11 is 0. The lowest BCUT2D eigenvalue weighted by Gasteiger charge is -2.06. The van der Waals surface area contributed by atoms with Gasteiger partial charge in [0.25, 0.3) is 0 Å². The minimum absolute atomic E-state index is 0. The molecule has 1 nitrogen and oxygen atoms in total. The second-order valence-electron chi connectivity index (χ2n) is 5.38. The molecule has 0 saturated heterocycles. The maximum atomic E-state index is 2.32. The molecule has 0 saturated carbocycles. The molecule has 0 fully saturated rings. The number of unbranched alkanes of at least 4 members (excludes halogenated alkanes) is 8. The van der Waals surface area contributed by atoms with Crippen LogP contribution in [0.25, 0.3) is 0 Å². The number of quaternary nitrogens is 1. The Morgan fingerprint density at radius 1 is 0.889 bits per heavy atom. The summed E-state index contributed by atoms with van der Waals surface area (Å²) < 4.78 is 0. The third kappa shape index (κ3) is 8.77. The third-order valence-corrected chi connectivity index (χ3v) is 3.54. The van der Waals surface area contributed by atoms with Gasteiger partial charge in [-0.3, -0.25) is 4.90 Å². The monoisotopic (exact) mass is 271 g/mol. The van der Waals surface area contributed by atoms with Gasteiger partial charge in [-0.05, 0) is 25.8 Å². The topological polar surface area (TPSA) is 4.44 Å². The summed E-state index contributed by atoms with van der Waals surface area (Å²) in [5.41, 5.74) is 1.41. The lowest BCUT2D eigenvalue weighted by Crippen LogP contribution is -3.01. The zero-order chi connectivity index (χ0) is 12.3. The maximum absolute atomic E-state index is 2.32. The van der Waals surface area contributed by atoms with Gasteiger partial charge >= 0.3 is 0 Å². The summed E-state index contributed by atoms with van der Waals surface area (Å²) in [5, 5.41) is 0. The first kappa shape index (κ1) is 17.7. The van der Waals surface area contributed by atoms with Crippen LogP contribution in [0, 0.1) is 0 Å². The molecule has 2 heteroatoms. The summed E-state index contributed by atoms with van der Waals surface area (Å²) in [4.78, 5) is 1.53. The quantitative estimate of drug-likeness (QED) is 0.562. The van der Waals surface area contributed by atoms with Crippen molar-refractivity contribution in [2.75, 3.05) is 6.54 Å². The van der Waals surface area contributed by atoms with E-state index in [1.54, 1.807) is 0 Å². The molecule has 106 valence electrons. The molecule has 1 heterocycles. The maximum Gasteiger partial charge on any atom is 0.102 e. The van der Waals surface area contributed by atoms with E-state index < -0.39 is 0 Å². The average Bonchev–Trinajstić information content (AvgIpc) is 2.73. The second kappa shape index (κ2) is 11.8. The predicted molar refractivity (Wildman–Crippen MR) is 76.0 cm³/mol. The molecular formula is C16H30ClN. The minimum Gasteiger partial charge on any atom is -1.00 e. The van der Waals surface area contributed by atoms with Crippen molar-refractivity contribution in [2.24, 2.45) is 0 Å². The van der Waals surface area contributed by atoms with Gasteiger partial charge in [-0.1, -0.05) is 51.9 Å². The first-order chi connectivity index (χ1) is 8.33. The van der Waals surface area contributed by atoms with Gasteiger partial charge in [0.1, 0.15) is 6.20 Å². The van der Waals surface area contributed by atoms with Crippen molar-refractivity contribution in [1.29, 1.82) is 0 Å². The van der Waals surface area contributed by atoms with E-state index in [0.717, 1.165) is 0 Å². The van der Waals surface area contributed by atoms with E-state index in [0.29, 0.717) is 0 Å². The summed E-state index contributed by atoms with van der Waals surface area (Å²) in [5.74, 6) is 0. The lowest BCUT2D eigenvalue weighted by atomic mass is 10.1. The Hall–Kier alpha value is -0.270. The van der Waals surface area contributed by atoms with Gasteiger partial charge < -0.3 is 12.4 Å². The van der Waals surface area contributed by atoms with Gasteiger partial charge in [-0.25, -0.2) is 0 Å². The molecule has 0 radical (unpaired) electrons. The van der Waals surface area contributed by atoms with Crippen LogP contribution in [0.2, 0.25) is 0 Å². The molecular weight excluding hydrogens is 242 g/mol. The molecule has 1 aliphatic heterocycles. The van der Waals surface area contributed by atoms with Gasteiger partial charge in [0.05, 0.1) is 12.7 Å². The largest absolute Gasteiger partial charge is 1.00 e. The van der Waals surface area contributed by atoms with E-state index >= 15 is 0 Å². The first-order valence-corrected chi connectivity index (χ1v) is 7.55.